The molecule has 2 rings (SSSR count). The van der Waals surface area contributed by atoms with Crippen LogP contribution in [0.5, 0.6) is 0 Å². The van der Waals surface area contributed by atoms with Crippen molar-refractivity contribution in [3.8, 4) is 0 Å². The molecule has 2 saturated carbocycles. The molecule has 0 N–H and O–H groups in total. The van der Waals surface area contributed by atoms with E-state index in [1.54, 1.807) is 0 Å². The molecule has 0 aliphatic heterocycles. The lowest BCUT2D eigenvalue weighted by atomic mass is 9.98. The number of carbonyl (C=O) groups is 1. The zero-order valence-electron chi connectivity index (χ0n) is 9.95. The van der Waals surface area contributed by atoms with Crippen LogP contribution in [0.2, 0.25) is 0 Å². The highest BCUT2D eigenvalue weighted by Crippen LogP contribution is 2.23. The summed E-state index contributed by atoms with van der Waals surface area (Å²) < 4.78 is 10.7. The average Bonchev–Trinajstić information content (AvgIpc) is 2.31. The molecule has 0 aromatic carbocycles. The van der Waals surface area contributed by atoms with E-state index < -0.39 is 6.16 Å². The van der Waals surface area contributed by atoms with Gasteiger partial charge < -0.3 is 9.47 Å². The molecule has 2 aliphatic rings. The Morgan fingerprint density at radius 3 is 1.44 bits per heavy atom. The summed E-state index contributed by atoms with van der Waals surface area (Å²) >= 11 is 0. The molecule has 0 spiro atoms. The van der Waals surface area contributed by atoms with Gasteiger partial charge in [0.05, 0.1) is 0 Å². The first kappa shape index (κ1) is 11.7. The lowest BCUT2D eigenvalue weighted by Gasteiger charge is -2.25. The fourth-order valence-corrected chi connectivity index (χ4v) is 2.67. The average molecular weight is 226 g/mol. The molecule has 0 unspecified atom stereocenters. The van der Waals surface area contributed by atoms with E-state index in [0.29, 0.717) is 0 Å². The first-order valence-electron chi connectivity index (χ1n) is 6.72. The molecule has 2 aliphatic carbocycles. The highest BCUT2D eigenvalue weighted by Gasteiger charge is 2.22. The Morgan fingerprint density at radius 2 is 1.06 bits per heavy atom. The molecule has 2 fully saturated rings. The second-order valence-electron chi connectivity index (χ2n) is 5.01. The second kappa shape index (κ2) is 6.12. The Hall–Kier alpha value is -0.730. The van der Waals surface area contributed by atoms with E-state index in [-0.39, 0.29) is 12.2 Å². The van der Waals surface area contributed by atoms with Crippen molar-refractivity contribution in [2.45, 2.75) is 76.4 Å². The molecule has 0 amide bonds. The molecule has 16 heavy (non-hydrogen) atoms. The molecule has 0 aromatic rings. The van der Waals surface area contributed by atoms with Gasteiger partial charge in [-0.05, 0) is 51.4 Å². The van der Waals surface area contributed by atoms with E-state index in [9.17, 15) is 4.79 Å². The van der Waals surface area contributed by atoms with E-state index in [1.807, 2.05) is 0 Å². The maximum atomic E-state index is 11.5. The van der Waals surface area contributed by atoms with Gasteiger partial charge in [-0.2, -0.15) is 0 Å². The van der Waals surface area contributed by atoms with Crippen LogP contribution in [0, 0.1) is 0 Å². The van der Waals surface area contributed by atoms with E-state index >= 15 is 0 Å². The second-order valence-corrected chi connectivity index (χ2v) is 5.01. The zero-order chi connectivity index (χ0) is 11.2. The van der Waals surface area contributed by atoms with Gasteiger partial charge in [-0.15, -0.1) is 0 Å². The first-order valence-corrected chi connectivity index (χ1v) is 6.72. The molecule has 92 valence electrons. The normalized spacial score (nSPS) is 24.0. The number of hydrogen-bond donors (Lipinski definition) is 0. The number of rotatable bonds is 2. The summed E-state index contributed by atoms with van der Waals surface area (Å²) in [4.78, 5) is 11.5. The van der Waals surface area contributed by atoms with Crippen LogP contribution in [-0.2, 0) is 9.47 Å². The molecule has 3 heteroatoms. The summed E-state index contributed by atoms with van der Waals surface area (Å²) in [5.41, 5.74) is 0. The van der Waals surface area contributed by atoms with Crippen LogP contribution in [0.1, 0.15) is 64.2 Å². The van der Waals surface area contributed by atoms with Gasteiger partial charge in [-0.1, -0.05) is 12.8 Å². The summed E-state index contributed by atoms with van der Waals surface area (Å²) in [7, 11) is 0. The van der Waals surface area contributed by atoms with Crippen LogP contribution in [0.3, 0.4) is 0 Å². The topological polar surface area (TPSA) is 35.5 Å². The first-order chi connectivity index (χ1) is 7.84. The smallest absolute Gasteiger partial charge is 0.431 e. The number of hydrogen-bond acceptors (Lipinski definition) is 3. The zero-order valence-corrected chi connectivity index (χ0v) is 9.95. The van der Waals surface area contributed by atoms with Crippen molar-refractivity contribution in [2.24, 2.45) is 0 Å². The molecule has 0 radical (unpaired) electrons. The summed E-state index contributed by atoms with van der Waals surface area (Å²) in [6.07, 6.45) is 11.1. The maximum Gasteiger partial charge on any atom is 0.508 e. The van der Waals surface area contributed by atoms with Crippen molar-refractivity contribution in [3.63, 3.8) is 0 Å². The van der Waals surface area contributed by atoms with Crippen LogP contribution in [0.25, 0.3) is 0 Å². The SMILES string of the molecule is O=C(OC1CCCCC1)OC1CCCCC1. The standard InChI is InChI=1S/C13H22O3/c14-13(15-11-7-3-1-4-8-11)16-12-9-5-2-6-10-12/h11-12H,1-10H2. The molecule has 0 bridgehead atoms. The monoisotopic (exact) mass is 226 g/mol. The highest BCUT2D eigenvalue weighted by atomic mass is 16.7. The van der Waals surface area contributed by atoms with Crippen LogP contribution in [0.4, 0.5) is 4.79 Å². The third-order valence-electron chi connectivity index (χ3n) is 3.63. The third-order valence-corrected chi connectivity index (χ3v) is 3.63. The Balaban J connectivity index is 1.66. The number of carbonyl (C=O) groups excluding carboxylic acids is 1. The van der Waals surface area contributed by atoms with Crippen LogP contribution >= 0.6 is 0 Å². The number of ether oxygens (including phenoxy) is 2. The minimum Gasteiger partial charge on any atom is -0.431 e. The minimum atomic E-state index is -0.432. The molecular formula is C13H22O3. The lowest BCUT2D eigenvalue weighted by Crippen LogP contribution is -2.26. The minimum absolute atomic E-state index is 0.116. The Morgan fingerprint density at radius 1 is 0.688 bits per heavy atom. The predicted molar refractivity (Wildman–Crippen MR) is 61.3 cm³/mol. The largest absolute Gasteiger partial charge is 0.508 e. The molecule has 0 heterocycles. The van der Waals surface area contributed by atoms with Crippen LogP contribution < -0.4 is 0 Å². The quantitative estimate of drug-likeness (QED) is 0.672. The molecule has 3 nitrogen and oxygen atoms in total. The molecule has 0 aromatic heterocycles. The molecule has 0 atom stereocenters. The van der Waals surface area contributed by atoms with Gasteiger partial charge in [0.1, 0.15) is 12.2 Å². The van der Waals surface area contributed by atoms with Gasteiger partial charge in [0.2, 0.25) is 0 Å². The van der Waals surface area contributed by atoms with Crippen molar-refractivity contribution in [1.29, 1.82) is 0 Å². The van der Waals surface area contributed by atoms with E-state index in [1.165, 1.54) is 38.5 Å². The van der Waals surface area contributed by atoms with E-state index in [4.69, 9.17) is 9.47 Å². The fraction of sp³-hybridized carbons (Fsp3) is 0.923. The van der Waals surface area contributed by atoms with Crippen molar-refractivity contribution >= 4 is 6.16 Å². The Bertz CT molecular complexity index is 193. The summed E-state index contributed by atoms with van der Waals surface area (Å²) in [5.74, 6) is 0. The summed E-state index contributed by atoms with van der Waals surface area (Å²) in [6, 6.07) is 0. The van der Waals surface area contributed by atoms with Crippen molar-refractivity contribution in [3.05, 3.63) is 0 Å². The van der Waals surface area contributed by atoms with Crippen molar-refractivity contribution in [2.75, 3.05) is 0 Å². The highest BCUT2D eigenvalue weighted by molar-refractivity contribution is 5.60. The Labute approximate surface area is 97.5 Å². The third kappa shape index (κ3) is 3.69. The van der Waals surface area contributed by atoms with Gasteiger partial charge in [-0.3, -0.25) is 0 Å². The lowest BCUT2D eigenvalue weighted by molar-refractivity contribution is -0.0189. The molecular weight excluding hydrogens is 204 g/mol. The van der Waals surface area contributed by atoms with Gasteiger partial charge in [0, 0.05) is 0 Å². The van der Waals surface area contributed by atoms with Gasteiger partial charge in [-0.25, -0.2) is 4.79 Å². The van der Waals surface area contributed by atoms with Gasteiger partial charge >= 0.3 is 6.16 Å². The maximum absolute atomic E-state index is 11.5. The van der Waals surface area contributed by atoms with E-state index in [2.05, 4.69) is 0 Å². The Kier molecular flexibility index (Phi) is 4.49. The predicted octanol–water partition coefficient (Wildman–Crippen LogP) is 3.81. The fourth-order valence-electron chi connectivity index (χ4n) is 2.67. The summed E-state index contributed by atoms with van der Waals surface area (Å²) in [5, 5.41) is 0. The summed E-state index contributed by atoms with van der Waals surface area (Å²) in [6.45, 7) is 0. The van der Waals surface area contributed by atoms with Crippen molar-refractivity contribution < 1.29 is 14.3 Å². The van der Waals surface area contributed by atoms with E-state index in [0.717, 1.165) is 25.7 Å². The van der Waals surface area contributed by atoms with Crippen LogP contribution in [0.15, 0.2) is 0 Å². The van der Waals surface area contributed by atoms with Crippen LogP contribution in [-0.4, -0.2) is 18.4 Å². The van der Waals surface area contributed by atoms with Crippen molar-refractivity contribution in [1.82, 2.24) is 0 Å². The molecule has 0 saturated heterocycles. The van der Waals surface area contributed by atoms with Gasteiger partial charge in [0.15, 0.2) is 0 Å². The van der Waals surface area contributed by atoms with Gasteiger partial charge in [0.25, 0.3) is 0 Å².